The molecule has 40 heavy (non-hydrogen) atoms. The van der Waals surface area contributed by atoms with Gasteiger partial charge in [0.15, 0.2) is 11.5 Å². The maximum absolute atomic E-state index is 13.9. The van der Waals surface area contributed by atoms with Gasteiger partial charge in [-0.2, -0.15) is 0 Å². The Balaban J connectivity index is 2.07. The molecule has 0 aromatic heterocycles. The average Bonchev–Trinajstić information content (AvgIpc) is 2.94. The molecule has 0 saturated carbocycles. The third-order valence-electron chi connectivity index (χ3n) is 6.10. The molecule has 9 nitrogen and oxygen atoms in total. The van der Waals surface area contributed by atoms with Crippen LogP contribution < -0.4 is 19.1 Å². The van der Waals surface area contributed by atoms with Gasteiger partial charge in [0.25, 0.3) is 10.0 Å². The third kappa shape index (κ3) is 7.22. The molecule has 0 spiro atoms. The fourth-order valence-corrected chi connectivity index (χ4v) is 5.62. The Hall–Kier alpha value is -3.83. The lowest BCUT2D eigenvalue weighted by Crippen LogP contribution is -2.51. The fourth-order valence-electron chi connectivity index (χ4n) is 3.98. The molecule has 0 aliphatic rings. The molecule has 0 aliphatic heterocycles. The normalized spacial score (nSPS) is 11.8. The van der Waals surface area contributed by atoms with Gasteiger partial charge in [0.1, 0.15) is 18.4 Å². The Morgan fingerprint density at radius 1 is 1.00 bits per heavy atom. The van der Waals surface area contributed by atoms with Crippen LogP contribution in [0.3, 0.4) is 0 Å². The zero-order chi connectivity index (χ0) is 29.4. The van der Waals surface area contributed by atoms with Crippen molar-refractivity contribution < 1.29 is 31.9 Å². The highest BCUT2D eigenvalue weighted by atomic mass is 35.5. The number of sulfonamides is 1. The number of carbonyl (C=O) groups is 2. The van der Waals surface area contributed by atoms with Gasteiger partial charge < -0.3 is 19.7 Å². The van der Waals surface area contributed by atoms with Crippen LogP contribution in [-0.4, -0.2) is 58.5 Å². The van der Waals surface area contributed by atoms with Crippen molar-refractivity contribution in [1.82, 2.24) is 10.2 Å². The van der Waals surface area contributed by atoms with Crippen molar-refractivity contribution in [3.05, 3.63) is 83.1 Å². The zero-order valence-electron chi connectivity index (χ0n) is 22.6. The van der Waals surface area contributed by atoms with Gasteiger partial charge in [-0.1, -0.05) is 23.7 Å². The number of ether oxygens (including phenoxy) is 2. The molecule has 0 heterocycles. The number of hydrogen-bond acceptors (Lipinski definition) is 6. The minimum absolute atomic E-state index is 0.00857. The van der Waals surface area contributed by atoms with Crippen LogP contribution in [0.1, 0.15) is 19.4 Å². The second-order valence-electron chi connectivity index (χ2n) is 8.73. The summed E-state index contributed by atoms with van der Waals surface area (Å²) in [7, 11) is -1.60. The topological polar surface area (TPSA) is 105 Å². The summed E-state index contributed by atoms with van der Waals surface area (Å²) in [5.41, 5.74) is 0.700. The number of methoxy groups -OCH3 is 2. The van der Waals surface area contributed by atoms with E-state index in [0.717, 1.165) is 16.4 Å². The van der Waals surface area contributed by atoms with E-state index in [9.17, 15) is 22.4 Å². The van der Waals surface area contributed by atoms with Crippen LogP contribution in [0, 0.1) is 5.82 Å². The predicted octanol–water partition coefficient (Wildman–Crippen LogP) is 4.25. The van der Waals surface area contributed by atoms with Crippen LogP contribution in [0.15, 0.2) is 71.6 Å². The second-order valence-corrected chi connectivity index (χ2v) is 11.0. The molecule has 0 bridgehead atoms. The summed E-state index contributed by atoms with van der Waals surface area (Å²) in [5, 5.41) is 3.13. The number of amides is 2. The Kier molecular flexibility index (Phi) is 10.4. The molecule has 0 radical (unpaired) electrons. The van der Waals surface area contributed by atoms with Crippen molar-refractivity contribution in [2.45, 2.75) is 31.3 Å². The van der Waals surface area contributed by atoms with E-state index in [1.54, 1.807) is 38.1 Å². The minimum atomic E-state index is -4.38. The standard InChI is InChI=1S/C28H31ClFN3O6S/c1-5-31-28(35)19(2)32(17-20-7-6-8-21(29)15-20)27(34)18-33(23-11-9-22(30)10-12-23)40(36,37)24-13-14-25(38-3)26(16-24)39-4/h6-16,19H,5,17-18H2,1-4H3,(H,31,35)/t19-/m0/s1. The first-order valence-electron chi connectivity index (χ1n) is 12.3. The summed E-state index contributed by atoms with van der Waals surface area (Å²) in [6.07, 6.45) is 0. The van der Waals surface area contributed by atoms with Crippen LogP contribution in [0.25, 0.3) is 0 Å². The molecule has 214 valence electrons. The maximum Gasteiger partial charge on any atom is 0.264 e. The molecule has 3 rings (SSSR count). The molecule has 12 heteroatoms. The highest BCUT2D eigenvalue weighted by Gasteiger charge is 2.33. The summed E-state index contributed by atoms with van der Waals surface area (Å²) in [6, 6.07) is 14.6. The molecule has 3 aromatic rings. The Labute approximate surface area is 238 Å². The van der Waals surface area contributed by atoms with Gasteiger partial charge in [0, 0.05) is 24.2 Å². The number of likely N-dealkylation sites (N-methyl/N-ethyl adjacent to an activating group) is 1. The molecule has 3 aromatic carbocycles. The quantitative estimate of drug-likeness (QED) is 0.338. The molecule has 0 fully saturated rings. The van der Waals surface area contributed by atoms with E-state index in [1.165, 1.54) is 49.5 Å². The SMILES string of the molecule is CCNC(=O)[C@H](C)N(Cc1cccc(Cl)c1)C(=O)CN(c1ccc(F)cc1)S(=O)(=O)c1ccc(OC)c(OC)c1. The van der Waals surface area contributed by atoms with Gasteiger partial charge >= 0.3 is 0 Å². The number of benzene rings is 3. The number of halogens is 2. The van der Waals surface area contributed by atoms with E-state index >= 15 is 0 Å². The van der Waals surface area contributed by atoms with Crippen molar-refractivity contribution in [3.8, 4) is 11.5 Å². The summed E-state index contributed by atoms with van der Waals surface area (Å²) in [5.74, 6) is -1.16. The maximum atomic E-state index is 13.9. The third-order valence-corrected chi connectivity index (χ3v) is 8.10. The Bertz CT molecular complexity index is 1450. The van der Waals surface area contributed by atoms with Crippen LogP contribution in [0.4, 0.5) is 10.1 Å². The van der Waals surface area contributed by atoms with Gasteiger partial charge in [-0.05, 0) is 67.9 Å². The van der Waals surface area contributed by atoms with Crippen molar-refractivity contribution in [3.63, 3.8) is 0 Å². The van der Waals surface area contributed by atoms with E-state index in [0.29, 0.717) is 22.9 Å². The monoisotopic (exact) mass is 591 g/mol. The second kappa shape index (κ2) is 13.5. The lowest BCUT2D eigenvalue weighted by molar-refractivity contribution is -0.139. The van der Waals surface area contributed by atoms with Crippen LogP contribution in [0.5, 0.6) is 11.5 Å². The van der Waals surface area contributed by atoms with E-state index < -0.39 is 40.2 Å². The van der Waals surface area contributed by atoms with E-state index in [1.807, 2.05) is 0 Å². The first kappa shape index (κ1) is 30.7. The van der Waals surface area contributed by atoms with Gasteiger partial charge in [-0.25, -0.2) is 12.8 Å². The fraction of sp³-hybridized carbons (Fsp3) is 0.286. The minimum Gasteiger partial charge on any atom is -0.493 e. The van der Waals surface area contributed by atoms with Crippen molar-refractivity contribution >= 4 is 39.1 Å². The van der Waals surface area contributed by atoms with Crippen LogP contribution in [0.2, 0.25) is 5.02 Å². The number of rotatable bonds is 12. The van der Waals surface area contributed by atoms with Crippen molar-refractivity contribution in [1.29, 1.82) is 0 Å². The molecule has 0 unspecified atom stereocenters. The van der Waals surface area contributed by atoms with Gasteiger partial charge in [0.05, 0.1) is 24.8 Å². The molecular weight excluding hydrogens is 561 g/mol. The van der Waals surface area contributed by atoms with E-state index in [4.69, 9.17) is 21.1 Å². The molecular formula is C28H31ClFN3O6S. The molecule has 1 N–H and O–H groups in total. The van der Waals surface area contributed by atoms with Crippen molar-refractivity contribution in [2.75, 3.05) is 31.6 Å². The molecule has 2 amide bonds. The first-order chi connectivity index (χ1) is 19.0. The van der Waals surface area contributed by atoms with E-state index in [2.05, 4.69) is 5.32 Å². The smallest absolute Gasteiger partial charge is 0.264 e. The lowest BCUT2D eigenvalue weighted by Gasteiger charge is -2.32. The number of anilines is 1. The number of carbonyl (C=O) groups excluding carboxylic acids is 2. The predicted molar refractivity (Wildman–Crippen MR) is 151 cm³/mol. The van der Waals surface area contributed by atoms with Gasteiger partial charge in [0.2, 0.25) is 11.8 Å². The summed E-state index contributed by atoms with van der Waals surface area (Å²) < 4.78 is 52.9. The highest BCUT2D eigenvalue weighted by Crippen LogP contribution is 2.32. The number of nitrogens with one attached hydrogen (secondary N) is 1. The summed E-state index contributed by atoms with van der Waals surface area (Å²) in [6.45, 7) is 2.97. The molecule has 0 saturated heterocycles. The van der Waals surface area contributed by atoms with Gasteiger partial charge in [-0.3, -0.25) is 13.9 Å². The van der Waals surface area contributed by atoms with Gasteiger partial charge in [-0.15, -0.1) is 0 Å². The number of hydrogen-bond donors (Lipinski definition) is 1. The van der Waals surface area contributed by atoms with Crippen LogP contribution in [-0.2, 0) is 26.2 Å². The highest BCUT2D eigenvalue weighted by molar-refractivity contribution is 7.92. The molecule has 0 aliphatic carbocycles. The van der Waals surface area contributed by atoms with Crippen molar-refractivity contribution in [2.24, 2.45) is 0 Å². The number of nitrogens with zero attached hydrogens (tertiary/aromatic N) is 2. The Morgan fingerprint density at radius 3 is 2.27 bits per heavy atom. The first-order valence-corrected chi connectivity index (χ1v) is 14.2. The van der Waals surface area contributed by atoms with E-state index in [-0.39, 0.29) is 22.9 Å². The molecule has 1 atom stereocenters. The summed E-state index contributed by atoms with van der Waals surface area (Å²) in [4.78, 5) is 27.7. The largest absolute Gasteiger partial charge is 0.493 e. The zero-order valence-corrected chi connectivity index (χ0v) is 24.1. The lowest BCUT2D eigenvalue weighted by atomic mass is 10.1. The Morgan fingerprint density at radius 2 is 1.68 bits per heavy atom. The average molecular weight is 592 g/mol. The van der Waals surface area contributed by atoms with Crippen LogP contribution >= 0.6 is 11.6 Å². The summed E-state index contributed by atoms with van der Waals surface area (Å²) >= 11 is 6.13.